The van der Waals surface area contributed by atoms with Crippen molar-refractivity contribution in [3.63, 3.8) is 0 Å². The second-order valence-corrected chi connectivity index (χ2v) is 8.81. The molecule has 0 saturated carbocycles. The maximum Gasteiger partial charge on any atom is 0.221 e. The molecule has 1 aromatic rings. The van der Waals surface area contributed by atoms with E-state index in [1.54, 1.807) is 7.11 Å². The number of carbonyl (C=O) groups excluding carboxylic acids is 1. The van der Waals surface area contributed by atoms with E-state index < -0.39 is 0 Å². The molecular formula is C24H40N6O2. The number of ether oxygens (including phenoxy) is 1. The van der Waals surface area contributed by atoms with Crippen molar-refractivity contribution in [2.24, 2.45) is 16.6 Å². The molecule has 8 heteroatoms. The number of nitrogens with one attached hydrogen (secondary N) is 2. The van der Waals surface area contributed by atoms with Crippen LogP contribution >= 0.6 is 0 Å². The van der Waals surface area contributed by atoms with Gasteiger partial charge in [-0.2, -0.15) is 0 Å². The van der Waals surface area contributed by atoms with Crippen molar-refractivity contribution in [1.29, 1.82) is 0 Å². The van der Waals surface area contributed by atoms with Crippen LogP contribution in [0.25, 0.3) is 0 Å². The summed E-state index contributed by atoms with van der Waals surface area (Å²) < 4.78 is 5.44. The lowest BCUT2D eigenvalue weighted by atomic mass is 9.97. The highest BCUT2D eigenvalue weighted by Crippen LogP contribution is 2.27. The van der Waals surface area contributed by atoms with Gasteiger partial charge in [0.1, 0.15) is 5.75 Å². The van der Waals surface area contributed by atoms with E-state index >= 15 is 0 Å². The lowest BCUT2D eigenvalue weighted by Gasteiger charge is -2.31. The van der Waals surface area contributed by atoms with Gasteiger partial charge in [-0.25, -0.2) is 0 Å². The Balaban J connectivity index is 1.46. The predicted octanol–water partition coefficient (Wildman–Crippen LogP) is 1.58. The molecule has 1 aromatic carbocycles. The first kappa shape index (κ1) is 24.3. The van der Waals surface area contributed by atoms with Crippen molar-refractivity contribution in [3.05, 3.63) is 29.8 Å². The van der Waals surface area contributed by atoms with Gasteiger partial charge in [0.2, 0.25) is 5.91 Å². The van der Waals surface area contributed by atoms with Crippen molar-refractivity contribution in [2.75, 3.05) is 60.0 Å². The van der Waals surface area contributed by atoms with Gasteiger partial charge in [0.05, 0.1) is 19.1 Å². The number of benzene rings is 1. The molecule has 178 valence electrons. The van der Waals surface area contributed by atoms with Crippen molar-refractivity contribution >= 4 is 11.9 Å². The summed E-state index contributed by atoms with van der Waals surface area (Å²) in [5.41, 5.74) is 6.76. The van der Waals surface area contributed by atoms with Gasteiger partial charge in [-0.05, 0) is 76.0 Å². The predicted molar refractivity (Wildman–Crippen MR) is 129 cm³/mol. The third-order valence-corrected chi connectivity index (χ3v) is 6.60. The molecule has 2 aliphatic rings. The van der Waals surface area contributed by atoms with Gasteiger partial charge in [-0.15, -0.1) is 0 Å². The fraction of sp³-hybridized carbons (Fsp3) is 0.667. The van der Waals surface area contributed by atoms with Gasteiger partial charge in [0.15, 0.2) is 5.96 Å². The second-order valence-electron chi connectivity index (χ2n) is 8.81. The second kappa shape index (κ2) is 12.6. The minimum atomic E-state index is -0.166. The average molecular weight is 445 g/mol. The van der Waals surface area contributed by atoms with Crippen LogP contribution in [0.15, 0.2) is 29.3 Å². The molecule has 1 amide bonds. The van der Waals surface area contributed by atoms with Gasteiger partial charge in [0.25, 0.3) is 0 Å². The first-order chi connectivity index (χ1) is 15.6. The largest absolute Gasteiger partial charge is 0.497 e. The number of hydrogen-bond acceptors (Lipinski definition) is 5. The van der Waals surface area contributed by atoms with Crippen LogP contribution in [0.3, 0.4) is 0 Å². The fourth-order valence-electron chi connectivity index (χ4n) is 4.77. The van der Waals surface area contributed by atoms with E-state index in [2.05, 4.69) is 43.6 Å². The van der Waals surface area contributed by atoms with Crippen molar-refractivity contribution in [1.82, 2.24) is 20.4 Å². The zero-order valence-corrected chi connectivity index (χ0v) is 19.7. The molecule has 32 heavy (non-hydrogen) atoms. The van der Waals surface area contributed by atoms with Crippen LogP contribution in [0.5, 0.6) is 5.75 Å². The lowest BCUT2D eigenvalue weighted by molar-refractivity contribution is -0.123. The zero-order chi connectivity index (χ0) is 22.8. The molecule has 3 rings (SSSR count). The quantitative estimate of drug-likeness (QED) is 0.288. The summed E-state index contributed by atoms with van der Waals surface area (Å²) in [4.78, 5) is 20.8. The molecular weight excluding hydrogens is 404 g/mol. The average Bonchev–Trinajstić information content (AvgIpc) is 3.35. The Morgan fingerprint density at radius 1 is 1.25 bits per heavy atom. The number of aliphatic imine (C=N–C) groups is 1. The summed E-state index contributed by atoms with van der Waals surface area (Å²) in [6.45, 7) is 6.68. The molecule has 4 N–H and O–H groups in total. The van der Waals surface area contributed by atoms with Crippen LogP contribution in [0.1, 0.15) is 43.7 Å². The van der Waals surface area contributed by atoms with Crippen LogP contribution in [-0.2, 0) is 4.79 Å². The topological polar surface area (TPSA) is 95.2 Å². The monoisotopic (exact) mass is 444 g/mol. The molecule has 0 radical (unpaired) electrons. The molecule has 2 heterocycles. The van der Waals surface area contributed by atoms with Gasteiger partial charge < -0.3 is 26.0 Å². The molecule has 2 unspecified atom stereocenters. The number of primary amides is 1. The molecule has 2 saturated heterocycles. The highest BCUT2D eigenvalue weighted by atomic mass is 16.5. The van der Waals surface area contributed by atoms with E-state index in [1.165, 1.54) is 18.4 Å². The first-order valence-corrected chi connectivity index (χ1v) is 11.9. The van der Waals surface area contributed by atoms with E-state index in [9.17, 15) is 4.79 Å². The van der Waals surface area contributed by atoms with Crippen molar-refractivity contribution in [3.8, 4) is 5.75 Å². The summed E-state index contributed by atoms with van der Waals surface area (Å²) >= 11 is 0. The Kier molecular flexibility index (Phi) is 9.62. The maximum absolute atomic E-state index is 11.5. The van der Waals surface area contributed by atoms with Crippen LogP contribution in [0.4, 0.5) is 0 Å². The third-order valence-electron chi connectivity index (χ3n) is 6.60. The summed E-state index contributed by atoms with van der Waals surface area (Å²) in [6, 6.07) is 8.66. The van der Waals surface area contributed by atoms with Crippen LogP contribution in [-0.4, -0.2) is 81.6 Å². The number of hydrogen-bond donors (Lipinski definition) is 3. The third kappa shape index (κ3) is 7.10. The first-order valence-electron chi connectivity index (χ1n) is 11.9. The number of amides is 1. The summed E-state index contributed by atoms with van der Waals surface area (Å²) in [5, 5.41) is 6.96. The number of piperidine rings is 1. The van der Waals surface area contributed by atoms with Crippen molar-refractivity contribution < 1.29 is 9.53 Å². The lowest BCUT2D eigenvalue weighted by Crippen LogP contribution is -2.44. The Bertz CT molecular complexity index is 750. The minimum Gasteiger partial charge on any atom is -0.497 e. The molecule has 0 aromatic heterocycles. The van der Waals surface area contributed by atoms with Crippen LogP contribution < -0.4 is 21.1 Å². The molecule has 2 aliphatic heterocycles. The summed E-state index contributed by atoms with van der Waals surface area (Å²) in [6.07, 6.45) is 5.47. The smallest absolute Gasteiger partial charge is 0.221 e. The van der Waals surface area contributed by atoms with E-state index in [0.717, 1.165) is 76.8 Å². The van der Waals surface area contributed by atoms with Gasteiger partial charge in [-0.3, -0.25) is 14.7 Å². The fourth-order valence-corrected chi connectivity index (χ4v) is 4.77. The number of nitrogens with two attached hydrogens (primary N) is 1. The molecule has 0 aliphatic carbocycles. The van der Waals surface area contributed by atoms with Gasteiger partial charge in [0, 0.05) is 26.7 Å². The van der Waals surface area contributed by atoms with E-state index in [-0.39, 0.29) is 17.9 Å². The van der Waals surface area contributed by atoms with Crippen molar-refractivity contribution in [2.45, 2.75) is 38.1 Å². The summed E-state index contributed by atoms with van der Waals surface area (Å²) in [7, 11) is 3.53. The summed E-state index contributed by atoms with van der Waals surface area (Å²) in [5.74, 6) is 1.56. The number of likely N-dealkylation sites (tertiary alicyclic amines) is 2. The number of carbonyl (C=O) groups is 1. The molecule has 2 fully saturated rings. The maximum atomic E-state index is 11.5. The molecule has 2 atom stereocenters. The highest BCUT2D eigenvalue weighted by molar-refractivity contribution is 5.79. The standard InChI is InChI=1S/C24H40N6O2/c1-26-24(27-11-7-13-29-12-6-9-20(18-29)23(25)31)28-17-22(30-14-3-4-15-30)19-8-5-10-21(16-19)32-2/h5,8,10,16,20,22H,3-4,6-7,9,11-15,17-18H2,1-2H3,(H2,25,31)(H2,26,27,28). The molecule has 8 nitrogen and oxygen atoms in total. The molecule has 0 bridgehead atoms. The number of rotatable bonds is 10. The minimum absolute atomic E-state index is 0.00488. The Morgan fingerprint density at radius 3 is 2.78 bits per heavy atom. The highest BCUT2D eigenvalue weighted by Gasteiger charge is 2.25. The van der Waals surface area contributed by atoms with E-state index in [0.29, 0.717) is 0 Å². The molecule has 0 spiro atoms. The van der Waals surface area contributed by atoms with E-state index in [4.69, 9.17) is 10.5 Å². The normalized spacial score (nSPS) is 21.3. The number of nitrogens with zero attached hydrogens (tertiary/aromatic N) is 3. The van der Waals surface area contributed by atoms with Gasteiger partial charge >= 0.3 is 0 Å². The van der Waals surface area contributed by atoms with Crippen LogP contribution in [0.2, 0.25) is 0 Å². The SMILES string of the molecule is CN=C(NCCCN1CCCC(C(N)=O)C1)NCC(c1cccc(OC)c1)N1CCCC1. The van der Waals surface area contributed by atoms with Crippen LogP contribution in [0, 0.1) is 5.92 Å². The van der Waals surface area contributed by atoms with Gasteiger partial charge in [-0.1, -0.05) is 12.1 Å². The Hall–Kier alpha value is -2.32. The zero-order valence-electron chi connectivity index (χ0n) is 19.7. The Morgan fingerprint density at radius 2 is 2.06 bits per heavy atom. The number of methoxy groups -OCH3 is 1. The number of guanidine groups is 1. The van der Waals surface area contributed by atoms with E-state index in [1.807, 2.05) is 13.1 Å². The Labute approximate surface area is 192 Å².